The molecule has 1 aromatic heterocycles. The maximum Gasteiger partial charge on any atom is 0.181 e. The number of methoxy groups -OCH3 is 1. The van der Waals surface area contributed by atoms with E-state index in [0.29, 0.717) is 35.5 Å². The Morgan fingerprint density at radius 3 is 2.56 bits per heavy atom. The fourth-order valence-electron chi connectivity index (χ4n) is 2.25. The van der Waals surface area contributed by atoms with E-state index < -0.39 is 0 Å². The molecule has 6 nitrogen and oxygen atoms in total. The number of H-pyrrole nitrogens is 1. The third-order valence-corrected chi connectivity index (χ3v) is 3.44. The van der Waals surface area contributed by atoms with Gasteiger partial charge in [0.2, 0.25) is 0 Å². The summed E-state index contributed by atoms with van der Waals surface area (Å²) in [5.74, 6) is 2.63. The first kappa shape index (κ1) is 16.8. The summed E-state index contributed by atoms with van der Waals surface area (Å²) in [6.07, 6.45) is 0. The Morgan fingerprint density at radius 1 is 1.04 bits per heavy atom. The first-order valence-corrected chi connectivity index (χ1v) is 7.80. The van der Waals surface area contributed by atoms with Crippen LogP contribution in [0.1, 0.15) is 12.7 Å². The van der Waals surface area contributed by atoms with Crippen molar-refractivity contribution in [2.24, 2.45) is 0 Å². The van der Waals surface area contributed by atoms with Crippen LogP contribution in [-0.4, -0.2) is 28.9 Å². The molecule has 0 radical (unpaired) electrons. The van der Waals surface area contributed by atoms with Crippen molar-refractivity contribution in [1.82, 2.24) is 15.2 Å². The van der Waals surface area contributed by atoms with Crippen molar-refractivity contribution in [1.29, 1.82) is 0 Å². The molecule has 3 rings (SSSR count). The van der Waals surface area contributed by atoms with E-state index in [9.17, 15) is 4.39 Å². The van der Waals surface area contributed by atoms with Crippen LogP contribution >= 0.6 is 0 Å². The number of benzene rings is 2. The van der Waals surface area contributed by atoms with E-state index in [1.54, 1.807) is 19.2 Å². The van der Waals surface area contributed by atoms with E-state index in [0.717, 1.165) is 5.56 Å². The van der Waals surface area contributed by atoms with Crippen molar-refractivity contribution >= 4 is 0 Å². The number of ether oxygens (including phenoxy) is 3. The molecule has 3 aromatic rings. The summed E-state index contributed by atoms with van der Waals surface area (Å²) in [6, 6.07) is 11.3. The molecule has 1 heterocycles. The number of nitrogens with one attached hydrogen (secondary N) is 1. The molecule has 1 N–H and O–H groups in total. The predicted molar refractivity (Wildman–Crippen MR) is 90.3 cm³/mol. The van der Waals surface area contributed by atoms with Crippen molar-refractivity contribution in [3.8, 4) is 28.6 Å². The van der Waals surface area contributed by atoms with Crippen molar-refractivity contribution in [3.05, 3.63) is 54.1 Å². The molecule has 25 heavy (non-hydrogen) atoms. The Morgan fingerprint density at radius 2 is 1.84 bits per heavy atom. The zero-order valence-electron chi connectivity index (χ0n) is 14.0. The largest absolute Gasteiger partial charge is 0.493 e. The summed E-state index contributed by atoms with van der Waals surface area (Å²) in [4.78, 5) is 4.40. The summed E-state index contributed by atoms with van der Waals surface area (Å²) in [7, 11) is 1.58. The van der Waals surface area contributed by atoms with Gasteiger partial charge in [0, 0.05) is 5.56 Å². The van der Waals surface area contributed by atoms with Crippen molar-refractivity contribution < 1.29 is 18.6 Å². The average Bonchev–Trinajstić information content (AvgIpc) is 3.11. The number of aromatic amines is 1. The smallest absolute Gasteiger partial charge is 0.181 e. The standard InChI is InChI=1S/C18H18FN3O3/c1-3-24-15-9-4-12(10-16(15)23-2)18-20-17(21-22-18)11-25-14-7-5-13(19)6-8-14/h4-10H,3,11H2,1-2H3,(H,20,21,22). The van der Waals surface area contributed by atoms with E-state index in [-0.39, 0.29) is 12.4 Å². The molecule has 7 heteroatoms. The van der Waals surface area contributed by atoms with E-state index in [2.05, 4.69) is 15.2 Å². The van der Waals surface area contributed by atoms with E-state index >= 15 is 0 Å². The molecule has 0 unspecified atom stereocenters. The van der Waals surface area contributed by atoms with Gasteiger partial charge in [-0.15, -0.1) is 0 Å². The third kappa shape index (κ3) is 4.06. The summed E-state index contributed by atoms with van der Waals surface area (Å²) in [5.41, 5.74) is 0.796. The van der Waals surface area contributed by atoms with Crippen LogP contribution in [0, 0.1) is 5.82 Å². The second-order valence-electron chi connectivity index (χ2n) is 5.15. The molecule has 0 amide bonds. The molecule has 0 spiro atoms. The second-order valence-corrected chi connectivity index (χ2v) is 5.15. The van der Waals surface area contributed by atoms with Gasteiger partial charge in [0.05, 0.1) is 13.7 Å². The zero-order chi connectivity index (χ0) is 17.6. The molecule has 0 aliphatic rings. The highest BCUT2D eigenvalue weighted by Crippen LogP contribution is 2.31. The molecule has 130 valence electrons. The number of hydrogen-bond acceptors (Lipinski definition) is 5. The van der Waals surface area contributed by atoms with Crippen LogP contribution in [0.15, 0.2) is 42.5 Å². The lowest BCUT2D eigenvalue weighted by molar-refractivity contribution is 0.296. The lowest BCUT2D eigenvalue weighted by Crippen LogP contribution is -1.97. The summed E-state index contributed by atoms with van der Waals surface area (Å²) in [6.45, 7) is 2.67. The second kappa shape index (κ2) is 7.65. The van der Waals surface area contributed by atoms with Crippen LogP contribution in [0.3, 0.4) is 0 Å². The highest BCUT2D eigenvalue weighted by atomic mass is 19.1. The average molecular weight is 343 g/mol. The van der Waals surface area contributed by atoms with Gasteiger partial charge >= 0.3 is 0 Å². The van der Waals surface area contributed by atoms with Crippen LogP contribution in [0.2, 0.25) is 0 Å². The molecular formula is C18H18FN3O3. The zero-order valence-corrected chi connectivity index (χ0v) is 14.0. The number of hydrogen-bond donors (Lipinski definition) is 1. The van der Waals surface area contributed by atoms with Crippen molar-refractivity contribution in [2.75, 3.05) is 13.7 Å². The maximum atomic E-state index is 12.9. The van der Waals surface area contributed by atoms with Gasteiger partial charge in [-0.3, -0.25) is 5.10 Å². The molecule has 0 aliphatic carbocycles. The normalized spacial score (nSPS) is 10.5. The van der Waals surface area contributed by atoms with Crippen LogP contribution in [-0.2, 0) is 6.61 Å². The fraction of sp³-hybridized carbons (Fsp3) is 0.222. The van der Waals surface area contributed by atoms with Gasteiger partial charge < -0.3 is 14.2 Å². The first-order chi connectivity index (χ1) is 12.2. The van der Waals surface area contributed by atoms with E-state index in [1.165, 1.54) is 12.1 Å². The Balaban J connectivity index is 1.71. The Kier molecular flexibility index (Phi) is 5.13. The molecule has 0 saturated carbocycles. The molecule has 2 aromatic carbocycles. The molecule has 0 aliphatic heterocycles. The topological polar surface area (TPSA) is 69.3 Å². The van der Waals surface area contributed by atoms with Crippen LogP contribution in [0.25, 0.3) is 11.4 Å². The summed E-state index contributed by atoms with van der Waals surface area (Å²) >= 11 is 0. The minimum absolute atomic E-state index is 0.201. The van der Waals surface area contributed by atoms with Gasteiger partial charge in [-0.1, -0.05) is 0 Å². The number of halogens is 1. The van der Waals surface area contributed by atoms with Crippen molar-refractivity contribution in [2.45, 2.75) is 13.5 Å². The first-order valence-electron chi connectivity index (χ1n) is 7.80. The van der Waals surface area contributed by atoms with Gasteiger partial charge in [-0.05, 0) is 49.4 Å². The molecule has 0 saturated heterocycles. The fourth-order valence-corrected chi connectivity index (χ4v) is 2.25. The minimum Gasteiger partial charge on any atom is -0.493 e. The Bertz CT molecular complexity index is 834. The molecular weight excluding hydrogens is 325 g/mol. The van der Waals surface area contributed by atoms with E-state index in [4.69, 9.17) is 14.2 Å². The van der Waals surface area contributed by atoms with Crippen LogP contribution in [0.4, 0.5) is 4.39 Å². The van der Waals surface area contributed by atoms with Gasteiger partial charge in [0.25, 0.3) is 0 Å². The minimum atomic E-state index is -0.307. The van der Waals surface area contributed by atoms with Gasteiger partial charge in [0.15, 0.2) is 23.1 Å². The van der Waals surface area contributed by atoms with E-state index in [1.807, 2.05) is 25.1 Å². The lowest BCUT2D eigenvalue weighted by Gasteiger charge is -2.09. The maximum absolute atomic E-state index is 12.9. The summed E-state index contributed by atoms with van der Waals surface area (Å²) < 4.78 is 29.3. The predicted octanol–water partition coefficient (Wildman–Crippen LogP) is 3.60. The number of aromatic nitrogens is 3. The van der Waals surface area contributed by atoms with Crippen molar-refractivity contribution in [3.63, 3.8) is 0 Å². The number of nitrogens with zero attached hydrogens (tertiary/aromatic N) is 2. The Hall–Kier alpha value is -3.09. The van der Waals surface area contributed by atoms with Crippen LogP contribution in [0.5, 0.6) is 17.2 Å². The van der Waals surface area contributed by atoms with Gasteiger partial charge in [-0.25, -0.2) is 9.37 Å². The van der Waals surface area contributed by atoms with Gasteiger partial charge in [0.1, 0.15) is 18.2 Å². The lowest BCUT2D eigenvalue weighted by atomic mass is 10.2. The molecule has 0 bridgehead atoms. The van der Waals surface area contributed by atoms with Gasteiger partial charge in [-0.2, -0.15) is 5.10 Å². The molecule has 0 fully saturated rings. The molecule has 0 atom stereocenters. The quantitative estimate of drug-likeness (QED) is 0.710. The Labute approximate surface area is 144 Å². The highest BCUT2D eigenvalue weighted by molar-refractivity contribution is 5.60. The highest BCUT2D eigenvalue weighted by Gasteiger charge is 2.11. The monoisotopic (exact) mass is 343 g/mol. The third-order valence-electron chi connectivity index (χ3n) is 3.44. The number of rotatable bonds is 7. The summed E-state index contributed by atoms with van der Waals surface area (Å²) in [5, 5.41) is 7.02. The SMILES string of the molecule is CCOc1ccc(-c2n[nH]c(COc3ccc(F)cc3)n2)cc1OC. The van der Waals surface area contributed by atoms with Crippen LogP contribution < -0.4 is 14.2 Å².